The van der Waals surface area contributed by atoms with Crippen molar-refractivity contribution in [1.29, 1.82) is 0 Å². The van der Waals surface area contributed by atoms with E-state index in [4.69, 9.17) is 0 Å². The normalized spacial score (nSPS) is 27.5. The van der Waals surface area contributed by atoms with E-state index >= 15 is 0 Å². The molecule has 0 N–H and O–H groups in total. The molecule has 0 aromatic carbocycles. The van der Waals surface area contributed by atoms with Gasteiger partial charge in [0.25, 0.3) is 0 Å². The zero-order valence-corrected chi connectivity index (χ0v) is 5.32. The van der Waals surface area contributed by atoms with Gasteiger partial charge in [0.1, 0.15) is 5.78 Å². The quantitative estimate of drug-likeness (QED) is 0.523. The van der Waals surface area contributed by atoms with Crippen molar-refractivity contribution in [3.8, 4) is 0 Å². The average molecular weight is 151 g/mol. The first kappa shape index (κ1) is 7.63. The number of hydrogen-bond acceptors (Lipinski definition) is 1. The fourth-order valence-corrected chi connectivity index (χ4v) is 1.17. The summed E-state index contributed by atoms with van der Waals surface area (Å²) in [6.45, 7) is -4.76. The third-order valence-electron chi connectivity index (χ3n) is 1.82. The van der Waals surface area contributed by atoms with Crippen LogP contribution in [0.5, 0.6) is 0 Å². The molecule has 5 heteroatoms. The number of ketones is 1. The Morgan fingerprint density at radius 2 is 2.00 bits per heavy atom. The van der Waals surface area contributed by atoms with Gasteiger partial charge in [-0.1, -0.05) is 12.2 Å². The SMILES string of the molecule is O=C1CC[C@H]([B-](F)(F)F)C1. The number of hydrogen-bond donors (Lipinski definition) is 0. The van der Waals surface area contributed by atoms with Crippen LogP contribution in [0.1, 0.15) is 19.3 Å². The summed E-state index contributed by atoms with van der Waals surface area (Å²) in [5.74, 6) is -1.54. The van der Waals surface area contributed by atoms with Crippen LogP contribution in [-0.4, -0.2) is 12.8 Å². The largest absolute Gasteiger partial charge is 0.481 e. The van der Waals surface area contributed by atoms with Crippen molar-refractivity contribution in [2.24, 2.45) is 0 Å². The molecule has 0 aromatic heterocycles. The maximum Gasteiger partial charge on any atom is 0.481 e. The minimum absolute atomic E-state index is 0.0162. The number of halogens is 3. The Morgan fingerprint density at radius 3 is 2.20 bits per heavy atom. The number of rotatable bonds is 1. The summed E-state index contributed by atoms with van der Waals surface area (Å²) >= 11 is 0. The van der Waals surface area contributed by atoms with E-state index in [1.807, 2.05) is 0 Å². The summed E-state index contributed by atoms with van der Waals surface area (Å²) in [6.07, 6.45) is -0.141. The zero-order chi connectivity index (χ0) is 7.78. The molecule has 0 bridgehead atoms. The van der Waals surface area contributed by atoms with Crippen LogP contribution in [0.3, 0.4) is 0 Å². The van der Waals surface area contributed by atoms with Crippen LogP contribution in [0.4, 0.5) is 12.9 Å². The molecule has 1 aliphatic rings. The van der Waals surface area contributed by atoms with Gasteiger partial charge in [-0.25, -0.2) is 0 Å². The Labute approximate surface area is 56.7 Å². The fourth-order valence-electron chi connectivity index (χ4n) is 1.17. The predicted molar refractivity (Wildman–Crippen MR) is 31.7 cm³/mol. The Bertz CT molecular complexity index is 153. The van der Waals surface area contributed by atoms with Crippen LogP contribution in [0, 0.1) is 0 Å². The van der Waals surface area contributed by atoms with E-state index in [1.165, 1.54) is 0 Å². The molecule has 1 rings (SSSR count). The Kier molecular flexibility index (Phi) is 1.75. The average Bonchev–Trinajstić information content (AvgIpc) is 2.11. The summed E-state index contributed by atoms with van der Waals surface area (Å²) in [5, 5.41) is 0. The van der Waals surface area contributed by atoms with Crippen LogP contribution >= 0.6 is 0 Å². The summed E-state index contributed by atoms with van der Waals surface area (Å²) in [4.78, 5) is 10.4. The molecule has 10 heavy (non-hydrogen) atoms. The molecule has 58 valence electrons. The summed E-state index contributed by atoms with van der Waals surface area (Å²) in [5.41, 5.74) is 0. The molecule has 0 heterocycles. The Balaban J connectivity index is 2.53. The highest BCUT2D eigenvalue weighted by molar-refractivity contribution is 6.60. The molecule has 0 aliphatic heterocycles. The van der Waals surface area contributed by atoms with Crippen molar-refractivity contribution in [1.82, 2.24) is 0 Å². The van der Waals surface area contributed by atoms with Gasteiger partial charge in [0.15, 0.2) is 0 Å². The highest BCUT2D eigenvalue weighted by atomic mass is 19.4. The van der Waals surface area contributed by atoms with Crippen LogP contribution in [0.25, 0.3) is 0 Å². The topological polar surface area (TPSA) is 17.1 Å². The molecule has 0 amide bonds. The van der Waals surface area contributed by atoms with Crippen LogP contribution < -0.4 is 0 Å². The monoisotopic (exact) mass is 151 g/mol. The van der Waals surface area contributed by atoms with E-state index < -0.39 is 12.8 Å². The first-order valence-corrected chi connectivity index (χ1v) is 3.22. The lowest BCUT2D eigenvalue weighted by molar-refractivity contribution is -0.117. The van der Waals surface area contributed by atoms with Gasteiger partial charge in [-0.2, -0.15) is 0 Å². The second-order valence-electron chi connectivity index (χ2n) is 2.67. The van der Waals surface area contributed by atoms with Crippen molar-refractivity contribution >= 4 is 12.8 Å². The van der Waals surface area contributed by atoms with Gasteiger partial charge in [0.2, 0.25) is 0 Å². The molecule has 0 saturated heterocycles. The Morgan fingerprint density at radius 1 is 1.40 bits per heavy atom. The lowest BCUT2D eigenvalue weighted by atomic mass is 9.72. The smallest absolute Gasteiger partial charge is 0.449 e. The highest BCUT2D eigenvalue weighted by Gasteiger charge is 2.39. The molecular weight excluding hydrogens is 144 g/mol. The summed E-state index contributed by atoms with van der Waals surface area (Å²) < 4.78 is 35.5. The second-order valence-corrected chi connectivity index (χ2v) is 2.67. The van der Waals surface area contributed by atoms with E-state index in [1.54, 1.807) is 0 Å². The number of carbonyl (C=O) groups is 1. The molecular formula is C5H7BF3O-. The standard InChI is InChI=1S/C5H7BF3O/c7-6(8,9)4-1-2-5(10)3-4/h4H,1-3H2/q-1/t4-/m0/s1. The molecule has 1 aliphatic carbocycles. The van der Waals surface area contributed by atoms with Gasteiger partial charge in [0, 0.05) is 6.42 Å². The van der Waals surface area contributed by atoms with Crippen molar-refractivity contribution in [3.05, 3.63) is 0 Å². The predicted octanol–water partition coefficient (Wildman–Crippen LogP) is 1.96. The van der Waals surface area contributed by atoms with E-state index in [0.717, 1.165) is 0 Å². The minimum Gasteiger partial charge on any atom is -0.449 e. The third-order valence-corrected chi connectivity index (χ3v) is 1.82. The zero-order valence-electron chi connectivity index (χ0n) is 5.32. The van der Waals surface area contributed by atoms with E-state index in [9.17, 15) is 17.7 Å². The first-order valence-electron chi connectivity index (χ1n) is 3.22. The molecule has 0 unspecified atom stereocenters. The van der Waals surface area contributed by atoms with Gasteiger partial charge in [-0.3, -0.25) is 4.79 Å². The van der Waals surface area contributed by atoms with E-state index in [2.05, 4.69) is 0 Å². The summed E-state index contributed by atoms with van der Waals surface area (Å²) in [7, 11) is 0. The summed E-state index contributed by atoms with van der Waals surface area (Å²) in [6, 6.07) is 0. The van der Waals surface area contributed by atoms with Crippen molar-refractivity contribution in [2.45, 2.75) is 25.1 Å². The third kappa shape index (κ3) is 1.52. The maximum atomic E-state index is 11.8. The molecule has 1 atom stereocenters. The van der Waals surface area contributed by atoms with Crippen molar-refractivity contribution in [3.63, 3.8) is 0 Å². The molecule has 0 spiro atoms. The van der Waals surface area contributed by atoms with Gasteiger partial charge in [-0.15, -0.1) is 0 Å². The molecule has 0 radical (unpaired) electrons. The maximum absolute atomic E-state index is 11.8. The van der Waals surface area contributed by atoms with E-state index in [0.29, 0.717) is 0 Å². The lowest BCUT2D eigenvalue weighted by Crippen LogP contribution is -2.21. The Hall–Kier alpha value is -0.475. The van der Waals surface area contributed by atoms with Crippen LogP contribution in [0.2, 0.25) is 5.82 Å². The number of Topliss-reactive ketones (excluding diaryl/α,β-unsaturated/α-hetero) is 1. The second kappa shape index (κ2) is 2.29. The van der Waals surface area contributed by atoms with Crippen LogP contribution in [-0.2, 0) is 4.79 Å². The van der Waals surface area contributed by atoms with Gasteiger partial charge in [-0.05, 0) is 6.42 Å². The minimum atomic E-state index is -4.76. The lowest BCUT2D eigenvalue weighted by Gasteiger charge is -2.19. The van der Waals surface area contributed by atoms with E-state index in [-0.39, 0.29) is 25.0 Å². The number of carbonyl (C=O) groups excluding carboxylic acids is 1. The molecule has 0 aromatic rings. The van der Waals surface area contributed by atoms with Gasteiger partial charge in [0.05, 0.1) is 0 Å². The fraction of sp³-hybridized carbons (Fsp3) is 0.800. The van der Waals surface area contributed by atoms with Crippen molar-refractivity contribution in [2.75, 3.05) is 0 Å². The molecule has 1 saturated carbocycles. The first-order chi connectivity index (χ1) is 4.50. The highest BCUT2D eigenvalue weighted by Crippen LogP contribution is 2.38. The van der Waals surface area contributed by atoms with Gasteiger partial charge >= 0.3 is 6.98 Å². The molecule has 1 nitrogen and oxygen atoms in total. The molecule has 1 fully saturated rings. The van der Waals surface area contributed by atoms with Gasteiger partial charge < -0.3 is 12.9 Å². The van der Waals surface area contributed by atoms with Crippen molar-refractivity contribution < 1.29 is 17.7 Å². The van der Waals surface area contributed by atoms with Crippen LogP contribution in [0.15, 0.2) is 0 Å².